The first-order valence-electron chi connectivity index (χ1n) is 5.99. The first kappa shape index (κ1) is 11.1. The molecule has 1 aliphatic rings. The Morgan fingerprint density at radius 3 is 3.06 bits per heavy atom. The zero-order valence-electron chi connectivity index (χ0n) is 9.72. The van der Waals surface area contributed by atoms with Crippen LogP contribution in [0.3, 0.4) is 0 Å². The van der Waals surface area contributed by atoms with Crippen LogP contribution in [-0.4, -0.2) is 24.4 Å². The second-order valence-electron chi connectivity index (χ2n) is 4.46. The maximum absolute atomic E-state index is 10.5. The van der Waals surface area contributed by atoms with Gasteiger partial charge < -0.3 is 4.90 Å². The normalized spacial score (nSPS) is 20.1. The average molecular weight is 218 g/mol. The minimum Gasteiger partial charge on any atom is -0.356 e. The van der Waals surface area contributed by atoms with E-state index in [1.165, 1.54) is 19.3 Å². The predicted octanol–water partition coefficient (Wildman–Crippen LogP) is 2.52. The summed E-state index contributed by atoms with van der Waals surface area (Å²) in [6, 6.07) is 3.78. The fourth-order valence-corrected chi connectivity index (χ4v) is 2.34. The third-order valence-corrected chi connectivity index (χ3v) is 3.21. The van der Waals surface area contributed by atoms with E-state index in [9.17, 15) is 4.79 Å². The van der Waals surface area contributed by atoms with Crippen molar-refractivity contribution in [1.82, 2.24) is 4.98 Å². The number of hydrogen-bond acceptors (Lipinski definition) is 3. The zero-order valence-corrected chi connectivity index (χ0v) is 9.72. The van der Waals surface area contributed by atoms with Crippen molar-refractivity contribution in [2.45, 2.75) is 26.2 Å². The van der Waals surface area contributed by atoms with Gasteiger partial charge >= 0.3 is 0 Å². The predicted molar refractivity (Wildman–Crippen MR) is 64.9 cm³/mol. The Morgan fingerprint density at radius 1 is 1.56 bits per heavy atom. The molecule has 1 saturated heterocycles. The van der Waals surface area contributed by atoms with Gasteiger partial charge in [-0.2, -0.15) is 0 Å². The molecule has 3 heteroatoms. The van der Waals surface area contributed by atoms with Gasteiger partial charge in [-0.25, -0.2) is 4.98 Å². The molecule has 1 unspecified atom stereocenters. The highest BCUT2D eigenvalue weighted by molar-refractivity contribution is 5.74. The van der Waals surface area contributed by atoms with Gasteiger partial charge in [-0.3, -0.25) is 4.79 Å². The third-order valence-electron chi connectivity index (χ3n) is 3.21. The fraction of sp³-hybridized carbons (Fsp3) is 0.538. The van der Waals surface area contributed by atoms with E-state index in [4.69, 9.17) is 0 Å². The molecule has 0 bridgehead atoms. The molecule has 0 aromatic carbocycles. The minimum atomic E-state index is 0.646. The van der Waals surface area contributed by atoms with Crippen molar-refractivity contribution in [3.8, 4) is 0 Å². The van der Waals surface area contributed by atoms with Crippen molar-refractivity contribution >= 4 is 12.1 Å². The molecule has 1 atom stereocenters. The lowest BCUT2D eigenvalue weighted by atomic mass is 10.0. The summed E-state index contributed by atoms with van der Waals surface area (Å²) in [5.41, 5.74) is 0.646. The van der Waals surface area contributed by atoms with Gasteiger partial charge in [0.05, 0.1) is 0 Å². The largest absolute Gasteiger partial charge is 0.356 e. The van der Waals surface area contributed by atoms with Crippen molar-refractivity contribution in [3.05, 3.63) is 23.9 Å². The number of pyridine rings is 1. The molecule has 1 aromatic rings. The SMILES string of the molecule is CCCC1CCN(c2ccc(C=O)cn2)C1. The number of aldehydes is 1. The summed E-state index contributed by atoms with van der Waals surface area (Å²) in [6.07, 6.45) is 6.32. The smallest absolute Gasteiger partial charge is 0.151 e. The number of rotatable bonds is 4. The quantitative estimate of drug-likeness (QED) is 0.728. The summed E-state index contributed by atoms with van der Waals surface area (Å²) in [5.74, 6) is 1.82. The van der Waals surface area contributed by atoms with Gasteiger partial charge in [0.25, 0.3) is 0 Å². The van der Waals surface area contributed by atoms with E-state index in [1.54, 1.807) is 6.20 Å². The lowest BCUT2D eigenvalue weighted by Crippen LogP contribution is -2.20. The average Bonchev–Trinajstić information content (AvgIpc) is 2.78. The number of nitrogens with zero attached hydrogens (tertiary/aromatic N) is 2. The molecule has 0 amide bonds. The molecule has 0 saturated carbocycles. The summed E-state index contributed by atoms with van der Waals surface area (Å²) < 4.78 is 0. The van der Waals surface area contributed by atoms with Crippen molar-refractivity contribution < 1.29 is 4.79 Å². The molecule has 0 aliphatic carbocycles. The Morgan fingerprint density at radius 2 is 2.44 bits per heavy atom. The highest BCUT2D eigenvalue weighted by atomic mass is 16.1. The molecule has 16 heavy (non-hydrogen) atoms. The van der Waals surface area contributed by atoms with Crippen LogP contribution in [0.1, 0.15) is 36.5 Å². The van der Waals surface area contributed by atoms with E-state index in [0.29, 0.717) is 5.56 Å². The lowest BCUT2D eigenvalue weighted by Gasteiger charge is -2.17. The summed E-state index contributed by atoms with van der Waals surface area (Å²) in [6.45, 7) is 4.44. The van der Waals surface area contributed by atoms with Gasteiger partial charge in [0.1, 0.15) is 5.82 Å². The van der Waals surface area contributed by atoms with Gasteiger partial charge in [0.2, 0.25) is 0 Å². The number of carbonyl (C=O) groups excluding carboxylic acids is 1. The molecule has 0 N–H and O–H groups in total. The van der Waals surface area contributed by atoms with Crippen LogP contribution in [0.2, 0.25) is 0 Å². The van der Waals surface area contributed by atoms with E-state index >= 15 is 0 Å². The first-order valence-corrected chi connectivity index (χ1v) is 5.99. The highest BCUT2D eigenvalue weighted by Gasteiger charge is 2.22. The van der Waals surface area contributed by atoms with Crippen LogP contribution in [-0.2, 0) is 0 Å². The number of aromatic nitrogens is 1. The zero-order chi connectivity index (χ0) is 11.4. The Hall–Kier alpha value is -1.38. The number of carbonyl (C=O) groups is 1. The van der Waals surface area contributed by atoms with Crippen LogP contribution >= 0.6 is 0 Å². The molecular formula is C13H18N2O. The molecule has 2 heterocycles. The Labute approximate surface area is 96.5 Å². The van der Waals surface area contributed by atoms with Crippen LogP contribution in [0.25, 0.3) is 0 Å². The summed E-state index contributed by atoms with van der Waals surface area (Å²) in [7, 11) is 0. The van der Waals surface area contributed by atoms with E-state index in [2.05, 4.69) is 16.8 Å². The van der Waals surface area contributed by atoms with Crippen LogP contribution in [0.5, 0.6) is 0 Å². The van der Waals surface area contributed by atoms with Crippen LogP contribution < -0.4 is 4.90 Å². The standard InChI is InChI=1S/C13H18N2O/c1-2-3-11-6-7-15(9-11)13-5-4-12(10-16)8-14-13/h4-5,8,10-11H,2-3,6-7,9H2,1H3. The van der Waals surface area contributed by atoms with Crippen molar-refractivity contribution in [2.75, 3.05) is 18.0 Å². The van der Waals surface area contributed by atoms with Crippen LogP contribution in [0.15, 0.2) is 18.3 Å². The molecule has 1 fully saturated rings. The first-order chi connectivity index (χ1) is 7.83. The monoisotopic (exact) mass is 218 g/mol. The van der Waals surface area contributed by atoms with E-state index in [-0.39, 0.29) is 0 Å². The van der Waals surface area contributed by atoms with Crippen molar-refractivity contribution in [3.63, 3.8) is 0 Å². The summed E-state index contributed by atoms with van der Waals surface area (Å²) in [5, 5.41) is 0. The Kier molecular flexibility index (Phi) is 3.54. The molecule has 3 nitrogen and oxygen atoms in total. The lowest BCUT2D eigenvalue weighted by molar-refractivity contribution is 0.112. The Balaban J connectivity index is 2.00. The maximum atomic E-state index is 10.5. The molecule has 0 radical (unpaired) electrons. The number of hydrogen-bond donors (Lipinski definition) is 0. The fourth-order valence-electron chi connectivity index (χ4n) is 2.34. The minimum absolute atomic E-state index is 0.646. The van der Waals surface area contributed by atoms with Gasteiger partial charge in [-0.15, -0.1) is 0 Å². The van der Waals surface area contributed by atoms with Gasteiger partial charge in [-0.1, -0.05) is 13.3 Å². The molecule has 2 rings (SSSR count). The molecule has 1 aliphatic heterocycles. The van der Waals surface area contributed by atoms with Crippen molar-refractivity contribution in [2.24, 2.45) is 5.92 Å². The van der Waals surface area contributed by atoms with Gasteiger partial charge in [0.15, 0.2) is 6.29 Å². The highest BCUT2D eigenvalue weighted by Crippen LogP contribution is 2.24. The Bertz CT molecular complexity index is 347. The second kappa shape index (κ2) is 5.10. The van der Waals surface area contributed by atoms with E-state index < -0.39 is 0 Å². The van der Waals surface area contributed by atoms with E-state index in [1.807, 2.05) is 12.1 Å². The maximum Gasteiger partial charge on any atom is 0.151 e. The topological polar surface area (TPSA) is 33.2 Å². The van der Waals surface area contributed by atoms with Gasteiger partial charge in [0, 0.05) is 24.8 Å². The van der Waals surface area contributed by atoms with Gasteiger partial charge in [-0.05, 0) is 30.9 Å². The summed E-state index contributed by atoms with van der Waals surface area (Å²) in [4.78, 5) is 17.2. The summed E-state index contributed by atoms with van der Waals surface area (Å²) >= 11 is 0. The van der Waals surface area contributed by atoms with Crippen molar-refractivity contribution in [1.29, 1.82) is 0 Å². The van der Waals surface area contributed by atoms with E-state index in [0.717, 1.165) is 31.1 Å². The van der Waals surface area contributed by atoms with Crippen LogP contribution in [0.4, 0.5) is 5.82 Å². The second-order valence-corrected chi connectivity index (χ2v) is 4.46. The van der Waals surface area contributed by atoms with Crippen LogP contribution in [0, 0.1) is 5.92 Å². The third kappa shape index (κ3) is 2.40. The molecule has 0 spiro atoms. The molecule has 86 valence electrons. The number of anilines is 1. The molecular weight excluding hydrogens is 200 g/mol. The molecule has 1 aromatic heterocycles.